The second-order valence-electron chi connectivity index (χ2n) is 11.6. The van der Waals surface area contributed by atoms with Crippen LogP contribution in [0.5, 0.6) is 0 Å². The summed E-state index contributed by atoms with van der Waals surface area (Å²) in [5.74, 6) is 0. The Morgan fingerprint density at radius 1 is 0.419 bits per heavy atom. The summed E-state index contributed by atoms with van der Waals surface area (Å²) in [7, 11) is 0. The van der Waals surface area contributed by atoms with Crippen molar-refractivity contribution in [1.29, 1.82) is 0 Å². The van der Waals surface area contributed by atoms with Crippen LogP contribution in [0, 0.1) is 0 Å². The predicted octanol–water partition coefficient (Wildman–Crippen LogP) is 12.3. The average Bonchev–Trinajstić information content (AvgIpc) is 3.48. The summed E-state index contributed by atoms with van der Waals surface area (Å²) in [5, 5.41) is 8.12. The molecule has 202 valence electrons. The van der Waals surface area contributed by atoms with Gasteiger partial charge < -0.3 is 0 Å². The molecule has 0 saturated carbocycles. The molecule has 1 heteroatoms. The first-order valence-corrected chi connectivity index (χ1v) is 15.9. The maximum atomic E-state index is 2.44. The smallest absolute Gasteiger partial charge is 0.0434 e. The molecule has 8 aromatic rings. The molecule has 0 N–H and O–H groups in total. The van der Waals surface area contributed by atoms with E-state index in [1.54, 1.807) is 0 Å². The number of benzene rings is 7. The fourth-order valence-corrected chi connectivity index (χ4v) is 8.49. The lowest BCUT2D eigenvalue weighted by atomic mass is 9.85. The van der Waals surface area contributed by atoms with E-state index in [0.29, 0.717) is 0 Å². The summed E-state index contributed by atoms with van der Waals surface area (Å²) in [4.78, 5) is 0. The molecule has 7 aromatic carbocycles. The quantitative estimate of drug-likeness (QED) is 0.187. The molecule has 1 heterocycles. The third kappa shape index (κ3) is 3.89. The van der Waals surface area contributed by atoms with Crippen LogP contribution in [0.25, 0.3) is 81.2 Å². The van der Waals surface area contributed by atoms with Gasteiger partial charge in [-0.1, -0.05) is 133 Å². The molecular formula is C42H28S. The minimum atomic E-state index is 1.09. The highest BCUT2D eigenvalue weighted by molar-refractivity contribution is 7.26. The van der Waals surface area contributed by atoms with Crippen molar-refractivity contribution >= 4 is 59.1 Å². The second kappa shape index (κ2) is 9.80. The SMILES string of the molecule is C1=Cc2c(c3cc(-c4cccc(-c5cccc6c5sc5c(-c7ccccc7)cccc56)c4)ccc3c3ccccc23)CC1. The molecule has 1 aliphatic carbocycles. The normalized spacial score (nSPS) is 12.8. The Morgan fingerprint density at radius 2 is 1.02 bits per heavy atom. The fourth-order valence-electron chi connectivity index (χ4n) is 7.12. The van der Waals surface area contributed by atoms with Gasteiger partial charge in [0, 0.05) is 20.2 Å². The molecule has 0 aliphatic heterocycles. The Bertz CT molecular complexity index is 2390. The van der Waals surface area contributed by atoms with E-state index >= 15 is 0 Å². The van der Waals surface area contributed by atoms with Gasteiger partial charge in [0.05, 0.1) is 0 Å². The number of thiophene rings is 1. The van der Waals surface area contributed by atoms with Gasteiger partial charge in [0.15, 0.2) is 0 Å². The van der Waals surface area contributed by atoms with Crippen molar-refractivity contribution in [1.82, 2.24) is 0 Å². The topological polar surface area (TPSA) is 0 Å². The minimum Gasteiger partial charge on any atom is -0.134 e. The number of allylic oxidation sites excluding steroid dienone is 1. The van der Waals surface area contributed by atoms with E-state index in [4.69, 9.17) is 0 Å². The monoisotopic (exact) mass is 564 g/mol. The van der Waals surface area contributed by atoms with E-state index in [9.17, 15) is 0 Å². The zero-order chi connectivity index (χ0) is 28.3. The Balaban J connectivity index is 1.21. The van der Waals surface area contributed by atoms with E-state index in [1.165, 1.54) is 86.2 Å². The first-order valence-electron chi connectivity index (χ1n) is 15.1. The van der Waals surface area contributed by atoms with Crippen LogP contribution in [0.15, 0.2) is 140 Å². The van der Waals surface area contributed by atoms with Gasteiger partial charge in [0.1, 0.15) is 0 Å². The highest BCUT2D eigenvalue weighted by Crippen LogP contribution is 2.44. The molecular weight excluding hydrogens is 537 g/mol. The maximum absolute atomic E-state index is 2.44. The molecule has 0 nitrogen and oxygen atoms in total. The van der Waals surface area contributed by atoms with Crippen LogP contribution in [0.2, 0.25) is 0 Å². The summed E-state index contributed by atoms with van der Waals surface area (Å²) in [6.45, 7) is 0. The molecule has 0 spiro atoms. The second-order valence-corrected chi connectivity index (χ2v) is 12.6. The molecule has 0 atom stereocenters. The highest BCUT2D eigenvalue weighted by atomic mass is 32.1. The molecule has 9 rings (SSSR count). The van der Waals surface area contributed by atoms with Crippen molar-refractivity contribution < 1.29 is 0 Å². The van der Waals surface area contributed by atoms with Gasteiger partial charge in [-0.15, -0.1) is 11.3 Å². The minimum absolute atomic E-state index is 1.09. The summed E-state index contributed by atoms with van der Waals surface area (Å²) in [6.07, 6.45) is 6.86. The zero-order valence-corrected chi connectivity index (χ0v) is 24.5. The lowest BCUT2D eigenvalue weighted by molar-refractivity contribution is 1.00. The van der Waals surface area contributed by atoms with E-state index in [2.05, 4.69) is 146 Å². The Hall–Kier alpha value is -4.98. The van der Waals surface area contributed by atoms with Gasteiger partial charge in [-0.2, -0.15) is 0 Å². The van der Waals surface area contributed by atoms with Crippen LogP contribution in [-0.2, 0) is 6.42 Å². The van der Waals surface area contributed by atoms with Gasteiger partial charge in [0.25, 0.3) is 0 Å². The molecule has 0 amide bonds. The Labute approximate surface area is 255 Å². The number of hydrogen-bond donors (Lipinski definition) is 0. The number of fused-ring (bicyclic) bond motifs is 9. The number of rotatable bonds is 3. The number of hydrogen-bond acceptors (Lipinski definition) is 1. The summed E-state index contributed by atoms with van der Waals surface area (Å²) in [6, 6.07) is 49.4. The average molecular weight is 565 g/mol. The van der Waals surface area contributed by atoms with Gasteiger partial charge in [0.2, 0.25) is 0 Å². The summed E-state index contributed by atoms with van der Waals surface area (Å²) >= 11 is 1.92. The van der Waals surface area contributed by atoms with Crippen LogP contribution in [0.1, 0.15) is 17.5 Å². The van der Waals surface area contributed by atoms with Crippen molar-refractivity contribution in [3.8, 4) is 33.4 Å². The van der Waals surface area contributed by atoms with Crippen molar-refractivity contribution in [3.63, 3.8) is 0 Å². The van der Waals surface area contributed by atoms with Gasteiger partial charge in [-0.25, -0.2) is 0 Å². The van der Waals surface area contributed by atoms with Crippen LogP contribution >= 0.6 is 11.3 Å². The molecule has 0 fully saturated rings. The van der Waals surface area contributed by atoms with Crippen LogP contribution in [-0.4, -0.2) is 0 Å². The molecule has 0 radical (unpaired) electrons. The summed E-state index contributed by atoms with van der Waals surface area (Å²) in [5.41, 5.74) is 10.6. The predicted molar refractivity (Wildman–Crippen MR) is 188 cm³/mol. The number of aryl methyl sites for hydroxylation is 1. The van der Waals surface area contributed by atoms with E-state index in [1.807, 2.05) is 11.3 Å². The summed E-state index contributed by atoms with van der Waals surface area (Å²) < 4.78 is 2.71. The Kier molecular flexibility index (Phi) is 5.61. The molecule has 1 aliphatic rings. The zero-order valence-electron chi connectivity index (χ0n) is 23.7. The molecule has 43 heavy (non-hydrogen) atoms. The van der Waals surface area contributed by atoms with Crippen molar-refractivity contribution in [3.05, 3.63) is 151 Å². The molecule has 1 aromatic heterocycles. The Morgan fingerprint density at radius 3 is 1.84 bits per heavy atom. The van der Waals surface area contributed by atoms with Crippen LogP contribution in [0.4, 0.5) is 0 Å². The first kappa shape index (κ1) is 24.6. The van der Waals surface area contributed by atoms with Crippen LogP contribution in [0.3, 0.4) is 0 Å². The van der Waals surface area contributed by atoms with Gasteiger partial charge in [-0.05, 0) is 91.0 Å². The largest absolute Gasteiger partial charge is 0.134 e. The molecule has 0 saturated heterocycles. The third-order valence-corrected chi connectivity index (χ3v) is 10.4. The highest BCUT2D eigenvalue weighted by Gasteiger charge is 2.17. The van der Waals surface area contributed by atoms with Gasteiger partial charge >= 0.3 is 0 Å². The van der Waals surface area contributed by atoms with Crippen molar-refractivity contribution in [2.24, 2.45) is 0 Å². The first-order chi connectivity index (χ1) is 21.3. The lowest BCUT2D eigenvalue weighted by Crippen LogP contribution is -1.98. The van der Waals surface area contributed by atoms with Crippen molar-refractivity contribution in [2.75, 3.05) is 0 Å². The third-order valence-electron chi connectivity index (χ3n) is 9.14. The lowest BCUT2D eigenvalue weighted by Gasteiger charge is -2.18. The standard InChI is InChI=1S/C42H28S/c1-2-11-27(12-3-1)31-19-9-21-38-39-22-10-20-32(42(39)43-41(31)38)30-14-8-13-28(25-30)29-23-24-37-35-17-5-4-15-33(35)34-16-6-7-18-36(34)40(37)26-29/h1-6,8-17,19-26H,7,18H2. The molecule has 0 unspecified atom stereocenters. The maximum Gasteiger partial charge on any atom is 0.0434 e. The van der Waals surface area contributed by atoms with E-state index < -0.39 is 0 Å². The van der Waals surface area contributed by atoms with E-state index in [-0.39, 0.29) is 0 Å². The molecule has 0 bridgehead atoms. The van der Waals surface area contributed by atoms with Crippen molar-refractivity contribution in [2.45, 2.75) is 12.8 Å². The van der Waals surface area contributed by atoms with Gasteiger partial charge in [-0.3, -0.25) is 0 Å². The van der Waals surface area contributed by atoms with Crippen LogP contribution < -0.4 is 0 Å². The fraction of sp³-hybridized carbons (Fsp3) is 0.0476. The van der Waals surface area contributed by atoms with E-state index in [0.717, 1.165) is 12.8 Å².